The number of benzene rings is 1. The minimum Gasteiger partial charge on any atom is -0.393 e. The molecule has 1 unspecified atom stereocenters. The molecule has 0 aliphatic heterocycles. The minimum absolute atomic E-state index is 0.204. The van der Waals surface area contributed by atoms with Crippen LogP contribution in [0.2, 0.25) is 0 Å². The van der Waals surface area contributed by atoms with E-state index in [2.05, 4.69) is 5.32 Å². The molecule has 4 heteroatoms. The van der Waals surface area contributed by atoms with E-state index in [1.54, 1.807) is 0 Å². The zero-order valence-electron chi connectivity index (χ0n) is 10.5. The zero-order chi connectivity index (χ0) is 13.1. The molecule has 1 aliphatic rings. The number of rotatable bonds is 3. The average Bonchev–Trinajstić information content (AvgIpc) is 2.35. The van der Waals surface area contributed by atoms with E-state index in [1.165, 1.54) is 6.07 Å². The van der Waals surface area contributed by atoms with Crippen molar-refractivity contribution in [2.24, 2.45) is 0 Å². The number of aliphatic hydroxyl groups excluding tert-OH is 1. The van der Waals surface area contributed by atoms with E-state index in [4.69, 9.17) is 0 Å². The van der Waals surface area contributed by atoms with Crippen LogP contribution in [0.5, 0.6) is 0 Å². The van der Waals surface area contributed by atoms with E-state index in [1.807, 2.05) is 6.92 Å². The Morgan fingerprint density at radius 1 is 1.22 bits per heavy atom. The van der Waals surface area contributed by atoms with Crippen LogP contribution in [-0.4, -0.2) is 17.3 Å². The Kier molecular flexibility index (Phi) is 4.30. The van der Waals surface area contributed by atoms with Crippen LogP contribution in [0.15, 0.2) is 18.2 Å². The Labute approximate surface area is 106 Å². The van der Waals surface area contributed by atoms with Crippen molar-refractivity contribution in [2.45, 2.75) is 50.8 Å². The summed E-state index contributed by atoms with van der Waals surface area (Å²) in [5.74, 6) is -0.800. The van der Waals surface area contributed by atoms with Crippen LogP contribution in [-0.2, 0) is 0 Å². The maximum absolute atomic E-state index is 13.6. The van der Waals surface area contributed by atoms with E-state index in [-0.39, 0.29) is 24.0 Å². The highest BCUT2D eigenvalue weighted by atomic mass is 19.1. The third-order valence-corrected chi connectivity index (χ3v) is 3.61. The summed E-state index contributed by atoms with van der Waals surface area (Å²) in [4.78, 5) is 0. The van der Waals surface area contributed by atoms with E-state index in [0.29, 0.717) is 5.56 Å². The second-order valence-electron chi connectivity index (χ2n) is 5.06. The van der Waals surface area contributed by atoms with Gasteiger partial charge in [0.15, 0.2) is 0 Å². The summed E-state index contributed by atoms with van der Waals surface area (Å²) in [6.07, 6.45) is 3.10. The topological polar surface area (TPSA) is 32.3 Å². The molecule has 0 heterocycles. The van der Waals surface area contributed by atoms with Crippen molar-refractivity contribution in [2.75, 3.05) is 0 Å². The van der Waals surface area contributed by atoms with Gasteiger partial charge in [-0.05, 0) is 50.8 Å². The second-order valence-corrected chi connectivity index (χ2v) is 5.06. The van der Waals surface area contributed by atoms with E-state index in [0.717, 1.165) is 37.8 Å². The van der Waals surface area contributed by atoms with Crippen LogP contribution >= 0.6 is 0 Å². The number of nitrogens with one attached hydrogen (secondary N) is 1. The highest BCUT2D eigenvalue weighted by molar-refractivity contribution is 5.22. The van der Waals surface area contributed by atoms with E-state index >= 15 is 0 Å². The number of hydrogen-bond donors (Lipinski definition) is 2. The fraction of sp³-hybridized carbons (Fsp3) is 0.571. The highest BCUT2D eigenvalue weighted by Crippen LogP contribution is 2.23. The summed E-state index contributed by atoms with van der Waals surface area (Å²) < 4.78 is 26.7. The summed E-state index contributed by atoms with van der Waals surface area (Å²) >= 11 is 0. The molecule has 2 N–H and O–H groups in total. The van der Waals surface area contributed by atoms with Gasteiger partial charge in [-0.3, -0.25) is 0 Å². The predicted molar refractivity (Wildman–Crippen MR) is 66.2 cm³/mol. The lowest BCUT2D eigenvalue weighted by atomic mass is 9.92. The van der Waals surface area contributed by atoms with Gasteiger partial charge in [0.05, 0.1) is 6.10 Å². The molecule has 2 nitrogen and oxygen atoms in total. The Morgan fingerprint density at radius 3 is 2.56 bits per heavy atom. The van der Waals surface area contributed by atoms with Gasteiger partial charge in [0.25, 0.3) is 0 Å². The summed E-state index contributed by atoms with van der Waals surface area (Å²) in [5.41, 5.74) is 0.362. The molecule has 2 rings (SSSR count). The quantitative estimate of drug-likeness (QED) is 0.870. The first-order chi connectivity index (χ1) is 8.56. The third-order valence-electron chi connectivity index (χ3n) is 3.61. The molecule has 0 bridgehead atoms. The average molecular weight is 255 g/mol. The Balaban J connectivity index is 1.98. The van der Waals surface area contributed by atoms with Crippen LogP contribution in [0.4, 0.5) is 8.78 Å². The van der Waals surface area contributed by atoms with Gasteiger partial charge in [-0.25, -0.2) is 8.78 Å². The summed E-state index contributed by atoms with van der Waals surface area (Å²) in [6, 6.07) is 3.58. The molecule has 0 saturated heterocycles. The molecular formula is C14H19F2NO. The smallest absolute Gasteiger partial charge is 0.128 e. The molecule has 1 aromatic carbocycles. The van der Waals surface area contributed by atoms with Gasteiger partial charge in [-0.1, -0.05) is 0 Å². The van der Waals surface area contributed by atoms with Crippen LogP contribution in [0.1, 0.15) is 44.2 Å². The van der Waals surface area contributed by atoms with Gasteiger partial charge in [0.2, 0.25) is 0 Å². The van der Waals surface area contributed by atoms with Crippen molar-refractivity contribution in [1.29, 1.82) is 0 Å². The molecule has 18 heavy (non-hydrogen) atoms. The first-order valence-corrected chi connectivity index (χ1v) is 6.45. The molecule has 1 fully saturated rings. The van der Waals surface area contributed by atoms with Gasteiger partial charge in [0.1, 0.15) is 11.6 Å². The van der Waals surface area contributed by atoms with Gasteiger partial charge in [0, 0.05) is 17.6 Å². The lowest BCUT2D eigenvalue weighted by Crippen LogP contribution is -2.36. The predicted octanol–water partition coefficient (Wildman–Crippen LogP) is 2.92. The monoisotopic (exact) mass is 255 g/mol. The highest BCUT2D eigenvalue weighted by Gasteiger charge is 2.22. The van der Waals surface area contributed by atoms with Gasteiger partial charge in [-0.2, -0.15) is 0 Å². The number of halogens is 2. The number of hydrogen-bond acceptors (Lipinski definition) is 2. The Bertz CT molecular complexity index is 403. The molecule has 0 radical (unpaired) electrons. The van der Waals surface area contributed by atoms with Gasteiger partial charge < -0.3 is 10.4 Å². The fourth-order valence-corrected chi connectivity index (χ4v) is 2.53. The second kappa shape index (κ2) is 5.76. The van der Waals surface area contributed by atoms with E-state index < -0.39 is 5.82 Å². The van der Waals surface area contributed by atoms with Gasteiger partial charge >= 0.3 is 0 Å². The number of aliphatic hydroxyl groups is 1. The Morgan fingerprint density at radius 2 is 1.89 bits per heavy atom. The molecule has 1 aliphatic carbocycles. The molecule has 1 saturated carbocycles. The minimum atomic E-state index is -0.417. The fourth-order valence-electron chi connectivity index (χ4n) is 2.53. The Hall–Kier alpha value is -1.00. The first-order valence-electron chi connectivity index (χ1n) is 6.45. The molecule has 1 atom stereocenters. The molecule has 1 aromatic rings. The molecule has 0 spiro atoms. The molecule has 100 valence electrons. The van der Waals surface area contributed by atoms with Crippen molar-refractivity contribution in [3.8, 4) is 0 Å². The van der Waals surface area contributed by atoms with Crippen molar-refractivity contribution < 1.29 is 13.9 Å². The molecular weight excluding hydrogens is 236 g/mol. The first kappa shape index (κ1) is 13.4. The van der Waals surface area contributed by atoms with Gasteiger partial charge in [-0.15, -0.1) is 0 Å². The van der Waals surface area contributed by atoms with Crippen LogP contribution in [0.25, 0.3) is 0 Å². The lowest BCUT2D eigenvalue weighted by Gasteiger charge is -2.29. The van der Waals surface area contributed by atoms with Crippen LogP contribution < -0.4 is 5.32 Å². The lowest BCUT2D eigenvalue weighted by molar-refractivity contribution is 0.114. The van der Waals surface area contributed by atoms with Crippen molar-refractivity contribution in [3.63, 3.8) is 0 Å². The normalized spacial score (nSPS) is 26.0. The molecule has 0 aromatic heterocycles. The largest absolute Gasteiger partial charge is 0.393 e. The zero-order valence-corrected chi connectivity index (χ0v) is 10.5. The third kappa shape index (κ3) is 3.27. The van der Waals surface area contributed by atoms with Crippen LogP contribution in [0.3, 0.4) is 0 Å². The summed E-state index contributed by atoms with van der Waals surface area (Å²) in [5, 5.41) is 12.7. The van der Waals surface area contributed by atoms with Crippen molar-refractivity contribution >= 4 is 0 Å². The summed E-state index contributed by atoms with van der Waals surface area (Å²) in [6.45, 7) is 1.84. The SMILES string of the molecule is CC(NC1CCC(O)CC1)c1cc(F)ccc1F. The van der Waals surface area contributed by atoms with E-state index in [9.17, 15) is 13.9 Å². The van der Waals surface area contributed by atoms with Crippen molar-refractivity contribution in [1.82, 2.24) is 5.32 Å². The summed E-state index contributed by atoms with van der Waals surface area (Å²) in [7, 11) is 0. The maximum atomic E-state index is 13.6. The van der Waals surface area contributed by atoms with Crippen molar-refractivity contribution in [3.05, 3.63) is 35.4 Å². The van der Waals surface area contributed by atoms with Crippen LogP contribution in [0, 0.1) is 11.6 Å². The molecule has 0 amide bonds. The standard InChI is InChI=1S/C14H19F2NO/c1-9(13-8-10(15)2-7-14(13)16)17-11-3-5-12(18)6-4-11/h2,7-9,11-12,17-18H,3-6H2,1H3. The maximum Gasteiger partial charge on any atom is 0.128 e.